The highest BCUT2D eigenvalue weighted by atomic mass is 16.8. The monoisotopic (exact) mass is 444 g/mol. The van der Waals surface area contributed by atoms with Crippen LogP contribution in [0.1, 0.15) is 0 Å². The molecule has 3 aliphatic rings. The van der Waals surface area contributed by atoms with Gasteiger partial charge >= 0.3 is 0 Å². The fourth-order valence-corrected chi connectivity index (χ4v) is 3.77. The summed E-state index contributed by atoms with van der Waals surface area (Å²) in [6, 6.07) is 0. The molecule has 0 aromatic heterocycles. The van der Waals surface area contributed by atoms with E-state index < -0.39 is 99.0 Å². The molecule has 0 bridgehead atoms. The summed E-state index contributed by atoms with van der Waals surface area (Å²) < 4.78 is 21.4. The summed E-state index contributed by atoms with van der Waals surface area (Å²) in [5.41, 5.74) is 0. The van der Waals surface area contributed by atoms with Gasteiger partial charge in [0.2, 0.25) is 5.79 Å². The lowest BCUT2D eigenvalue weighted by Gasteiger charge is -2.54. The van der Waals surface area contributed by atoms with E-state index >= 15 is 0 Å². The average Bonchev–Trinajstić information content (AvgIpc) is 2.73. The van der Waals surface area contributed by atoms with Crippen LogP contribution in [0, 0.1) is 0 Å². The maximum atomic E-state index is 10.7. The van der Waals surface area contributed by atoms with Gasteiger partial charge in [-0.2, -0.15) is 0 Å². The van der Waals surface area contributed by atoms with Crippen molar-refractivity contribution in [1.82, 2.24) is 0 Å². The first kappa shape index (κ1) is 24.1. The molecule has 3 heterocycles. The molecule has 0 radical (unpaired) electrons. The maximum Gasteiger partial charge on any atom is 0.229 e. The summed E-state index contributed by atoms with van der Waals surface area (Å²) in [6.45, 7) is -1.96. The fraction of sp³-hybridized carbons (Fsp3) is 1.00. The van der Waals surface area contributed by atoms with Gasteiger partial charge in [0.05, 0.1) is 19.8 Å². The van der Waals surface area contributed by atoms with Crippen LogP contribution >= 0.6 is 0 Å². The molecule has 3 saturated heterocycles. The molecule has 0 amide bonds. The Hall–Kier alpha value is -0.560. The molecule has 0 saturated carbocycles. The molecule has 3 rings (SSSR count). The second-order valence-corrected chi connectivity index (χ2v) is 7.65. The first-order valence-electron chi connectivity index (χ1n) is 9.37. The number of hydrogen-bond acceptors (Lipinski definition) is 14. The van der Waals surface area contributed by atoms with Gasteiger partial charge in [-0.15, -0.1) is 0 Å². The average molecular weight is 444 g/mol. The van der Waals surface area contributed by atoms with Crippen LogP contribution in [0.25, 0.3) is 0 Å². The quantitative estimate of drug-likeness (QED) is 0.194. The van der Waals surface area contributed by atoms with Gasteiger partial charge in [-0.05, 0) is 0 Å². The van der Waals surface area contributed by atoms with E-state index in [1.54, 1.807) is 0 Å². The molecule has 176 valence electrons. The summed E-state index contributed by atoms with van der Waals surface area (Å²) in [7, 11) is 0. The van der Waals surface area contributed by atoms with Crippen LogP contribution in [0.3, 0.4) is 0 Å². The standard InChI is InChI=1S/C16H28O14/c17-1-6-9(22)10(23)11(24)14(29-6)16(13(26)8(21)5(19)3-28-16)30-15-12(25)7(20)4(18)2-27-15/h4-15,17-26H,1-3H2. The summed E-state index contributed by atoms with van der Waals surface area (Å²) >= 11 is 0. The van der Waals surface area contributed by atoms with Gasteiger partial charge in [-0.3, -0.25) is 0 Å². The van der Waals surface area contributed by atoms with Gasteiger partial charge in [0, 0.05) is 0 Å². The van der Waals surface area contributed by atoms with Crippen molar-refractivity contribution in [2.24, 2.45) is 0 Å². The van der Waals surface area contributed by atoms with Crippen LogP contribution in [0.2, 0.25) is 0 Å². The van der Waals surface area contributed by atoms with Crippen LogP contribution in [0.15, 0.2) is 0 Å². The number of rotatable bonds is 4. The third-order valence-corrected chi connectivity index (χ3v) is 5.65. The van der Waals surface area contributed by atoms with Gasteiger partial charge in [0.15, 0.2) is 6.29 Å². The number of aliphatic hydroxyl groups is 10. The lowest BCUT2D eigenvalue weighted by atomic mass is 9.84. The highest BCUT2D eigenvalue weighted by Crippen LogP contribution is 2.40. The van der Waals surface area contributed by atoms with E-state index in [0.717, 1.165) is 0 Å². The number of aliphatic hydroxyl groups excluding tert-OH is 10. The van der Waals surface area contributed by atoms with Gasteiger partial charge in [-0.1, -0.05) is 0 Å². The summed E-state index contributed by atoms with van der Waals surface area (Å²) in [4.78, 5) is 0. The summed E-state index contributed by atoms with van der Waals surface area (Å²) in [5, 5.41) is 100. The second-order valence-electron chi connectivity index (χ2n) is 7.65. The van der Waals surface area contributed by atoms with Gasteiger partial charge in [-0.25, -0.2) is 0 Å². The van der Waals surface area contributed by atoms with Crippen molar-refractivity contribution in [1.29, 1.82) is 0 Å². The Bertz CT molecular complexity index is 578. The van der Waals surface area contributed by atoms with E-state index in [9.17, 15) is 51.1 Å². The minimum atomic E-state index is -2.60. The molecule has 0 aliphatic carbocycles. The van der Waals surface area contributed by atoms with Crippen molar-refractivity contribution >= 4 is 0 Å². The Morgan fingerprint density at radius 2 is 1.37 bits per heavy atom. The minimum Gasteiger partial charge on any atom is -0.394 e. The lowest BCUT2D eigenvalue weighted by Crippen LogP contribution is -2.75. The van der Waals surface area contributed by atoms with Crippen molar-refractivity contribution in [3.8, 4) is 0 Å². The number of ether oxygens (including phenoxy) is 4. The van der Waals surface area contributed by atoms with Crippen LogP contribution in [0.5, 0.6) is 0 Å². The van der Waals surface area contributed by atoms with Gasteiger partial charge in [0.1, 0.15) is 67.1 Å². The van der Waals surface area contributed by atoms with Crippen molar-refractivity contribution in [3.05, 3.63) is 0 Å². The van der Waals surface area contributed by atoms with E-state index in [4.69, 9.17) is 18.9 Å². The Kier molecular flexibility index (Phi) is 7.33. The smallest absolute Gasteiger partial charge is 0.229 e. The second kappa shape index (κ2) is 9.13. The zero-order valence-corrected chi connectivity index (χ0v) is 15.7. The Morgan fingerprint density at radius 1 is 0.733 bits per heavy atom. The van der Waals surface area contributed by atoms with E-state index in [0.29, 0.717) is 0 Å². The molecular formula is C16H28O14. The van der Waals surface area contributed by atoms with Crippen molar-refractivity contribution in [3.63, 3.8) is 0 Å². The van der Waals surface area contributed by atoms with E-state index in [1.807, 2.05) is 0 Å². The Morgan fingerprint density at radius 3 is 2.00 bits per heavy atom. The molecule has 10 N–H and O–H groups in total. The molecule has 0 aromatic rings. The molecular weight excluding hydrogens is 416 g/mol. The topological polar surface area (TPSA) is 239 Å². The van der Waals surface area contributed by atoms with Gasteiger partial charge in [0.25, 0.3) is 0 Å². The SMILES string of the molecule is OCC1OC(C2(OC3OCC(O)C(O)C3O)OCC(O)C(O)C2O)C(O)C(O)C1O. The summed E-state index contributed by atoms with van der Waals surface area (Å²) in [5.74, 6) is -2.60. The molecule has 3 aliphatic heterocycles. The normalized spacial score (nSPS) is 55.4. The molecule has 30 heavy (non-hydrogen) atoms. The molecule has 14 nitrogen and oxygen atoms in total. The van der Waals surface area contributed by atoms with E-state index in [-0.39, 0.29) is 0 Å². The van der Waals surface area contributed by atoms with Gasteiger partial charge < -0.3 is 70.0 Å². The van der Waals surface area contributed by atoms with Crippen LogP contribution in [0.4, 0.5) is 0 Å². The molecule has 3 fully saturated rings. The van der Waals surface area contributed by atoms with E-state index in [2.05, 4.69) is 0 Å². The van der Waals surface area contributed by atoms with Crippen LogP contribution in [-0.2, 0) is 18.9 Å². The maximum absolute atomic E-state index is 10.7. The zero-order valence-electron chi connectivity index (χ0n) is 15.7. The predicted octanol–water partition coefficient (Wildman–Crippen LogP) is -6.91. The molecule has 13 atom stereocenters. The minimum absolute atomic E-state index is 0.491. The Labute approximate surface area is 170 Å². The third-order valence-electron chi connectivity index (χ3n) is 5.65. The predicted molar refractivity (Wildman–Crippen MR) is 89.3 cm³/mol. The summed E-state index contributed by atoms with van der Waals surface area (Å²) in [6.07, 6.45) is -21.4. The first-order valence-corrected chi connectivity index (χ1v) is 9.37. The van der Waals surface area contributed by atoms with E-state index in [1.165, 1.54) is 0 Å². The Balaban J connectivity index is 1.96. The molecule has 13 unspecified atom stereocenters. The lowest BCUT2D eigenvalue weighted by molar-refractivity contribution is -0.441. The third kappa shape index (κ3) is 3.98. The highest BCUT2D eigenvalue weighted by Gasteiger charge is 2.63. The highest BCUT2D eigenvalue weighted by molar-refractivity contribution is 5.06. The largest absolute Gasteiger partial charge is 0.394 e. The van der Waals surface area contributed by atoms with Crippen LogP contribution < -0.4 is 0 Å². The van der Waals surface area contributed by atoms with Crippen molar-refractivity contribution in [2.45, 2.75) is 79.2 Å². The first-order chi connectivity index (χ1) is 14.0. The zero-order chi connectivity index (χ0) is 22.4. The molecule has 0 aromatic carbocycles. The molecule has 0 spiro atoms. The van der Waals surface area contributed by atoms with Crippen molar-refractivity contribution < 1.29 is 70.0 Å². The fourth-order valence-electron chi connectivity index (χ4n) is 3.77. The van der Waals surface area contributed by atoms with Crippen molar-refractivity contribution in [2.75, 3.05) is 19.8 Å². The molecule has 14 heteroatoms. The van der Waals surface area contributed by atoms with Crippen LogP contribution in [-0.4, -0.2) is 150 Å². The number of hydrogen-bond donors (Lipinski definition) is 10.